The van der Waals surface area contributed by atoms with E-state index in [4.69, 9.17) is 5.11 Å². The molecule has 5 unspecified atom stereocenters. The molecule has 16 heavy (non-hydrogen) atoms. The van der Waals surface area contributed by atoms with Crippen LogP contribution in [0.2, 0.25) is 0 Å². The van der Waals surface area contributed by atoms with Gasteiger partial charge in [0, 0.05) is 0 Å². The van der Waals surface area contributed by atoms with Gasteiger partial charge in [0.1, 0.15) is 30.8 Å². The molecule has 0 aromatic rings. The Morgan fingerprint density at radius 2 is 1.50 bits per heavy atom. The SMILES string of the molecule is CC(O)C(N=O)C(O)C(N=O)C(O)CN=O. The number of aliphatic hydroxyl groups excluding tert-OH is 3. The van der Waals surface area contributed by atoms with Crippen LogP contribution in [0.3, 0.4) is 0 Å². The van der Waals surface area contributed by atoms with E-state index in [0.717, 1.165) is 0 Å². The molecule has 0 rings (SSSR count). The van der Waals surface area contributed by atoms with Gasteiger partial charge in [-0.3, -0.25) is 0 Å². The minimum Gasteiger partial charge on any atom is -0.391 e. The molecule has 92 valence electrons. The standard InChI is InChI=1S/C7H13N3O6/c1-3(11)5(9-15)7(13)6(10-16)4(12)2-8-14/h3-7,11-13H,2H2,1H3. The van der Waals surface area contributed by atoms with Gasteiger partial charge in [0.25, 0.3) is 0 Å². The second kappa shape index (κ2) is 7.04. The summed E-state index contributed by atoms with van der Waals surface area (Å²) in [7, 11) is 0. The Kier molecular flexibility index (Phi) is 6.46. The summed E-state index contributed by atoms with van der Waals surface area (Å²) in [5.41, 5.74) is 0. The summed E-state index contributed by atoms with van der Waals surface area (Å²) in [6.45, 7) is 0.528. The molecule has 0 saturated carbocycles. The zero-order valence-corrected chi connectivity index (χ0v) is 8.50. The molecule has 0 fully saturated rings. The van der Waals surface area contributed by atoms with Crippen LogP contribution in [0.25, 0.3) is 0 Å². The Hall–Kier alpha value is -1.32. The molecule has 0 spiro atoms. The minimum atomic E-state index is -1.77. The number of rotatable bonds is 8. The molecule has 0 radical (unpaired) electrons. The van der Waals surface area contributed by atoms with Crippen LogP contribution in [0.5, 0.6) is 0 Å². The van der Waals surface area contributed by atoms with Gasteiger partial charge in [-0.05, 0) is 6.92 Å². The van der Waals surface area contributed by atoms with E-state index in [-0.39, 0.29) is 0 Å². The molecule has 0 aromatic heterocycles. The van der Waals surface area contributed by atoms with Crippen LogP contribution in [0.15, 0.2) is 15.5 Å². The van der Waals surface area contributed by atoms with Gasteiger partial charge in [0.15, 0.2) is 0 Å². The lowest BCUT2D eigenvalue weighted by Crippen LogP contribution is -2.47. The van der Waals surface area contributed by atoms with Crippen molar-refractivity contribution in [2.75, 3.05) is 6.54 Å². The topological polar surface area (TPSA) is 149 Å². The van der Waals surface area contributed by atoms with Crippen LogP contribution in [0.1, 0.15) is 6.92 Å². The van der Waals surface area contributed by atoms with Crippen LogP contribution >= 0.6 is 0 Å². The van der Waals surface area contributed by atoms with E-state index in [9.17, 15) is 24.9 Å². The lowest BCUT2D eigenvalue weighted by molar-refractivity contribution is 0.0130. The third-order valence-electron chi connectivity index (χ3n) is 2.09. The molecule has 0 aliphatic heterocycles. The number of nitrogens with zero attached hydrogens (tertiary/aromatic N) is 3. The Balaban J connectivity index is 4.73. The van der Waals surface area contributed by atoms with E-state index in [1.165, 1.54) is 6.92 Å². The van der Waals surface area contributed by atoms with Crippen molar-refractivity contribution in [2.24, 2.45) is 15.5 Å². The second-order valence-electron chi connectivity index (χ2n) is 3.30. The fourth-order valence-corrected chi connectivity index (χ4v) is 1.18. The maximum absolute atomic E-state index is 10.4. The predicted molar refractivity (Wildman–Crippen MR) is 53.5 cm³/mol. The van der Waals surface area contributed by atoms with Crippen LogP contribution in [-0.2, 0) is 0 Å². The third kappa shape index (κ3) is 3.68. The Bertz CT molecular complexity index is 248. The average Bonchev–Trinajstić information content (AvgIpc) is 2.19. The quantitative estimate of drug-likeness (QED) is 0.465. The van der Waals surface area contributed by atoms with Crippen LogP contribution < -0.4 is 0 Å². The predicted octanol–water partition coefficient (Wildman–Crippen LogP) is -0.875. The van der Waals surface area contributed by atoms with E-state index in [0.29, 0.717) is 0 Å². The summed E-state index contributed by atoms with van der Waals surface area (Å²) >= 11 is 0. The largest absolute Gasteiger partial charge is 0.391 e. The third-order valence-corrected chi connectivity index (χ3v) is 2.09. The summed E-state index contributed by atoms with van der Waals surface area (Å²) in [4.78, 5) is 30.5. The van der Waals surface area contributed by atoms with Gasteiger partial charge in [-0.25, -0.2) is 0 Å². The lowest BCUT2D eigenvalue weighted by atomic mass is 9.96. The van der Waals surface area contributed by atoms with E-state index in [1.807, 2.05) is 0 Å². The molecule has 0 bridgehead atoms. The first-order chi connectivity index (χ1) is 7.49. The van der Waals surface area contributed by atoms with Gasteiger partial charge in [0.05, 0.1) is 6.10 Å². The van der Waals surface area contributed by atoms with Gasteiger partial charge < -0.3 is 15.3 Å². The summed E-state index contributed by atoms with van der Waals surface area (Å²) in [6, 6.07) is -3.15. The molecule has 0 aliphatic carbocycles. The summed E-state index contributed by atoms with van der Waals surface area (Å²) in [6.07, 6.45) is -4.70. The highest BCUT2D eigenvalue weighted by Gasteiger charge is 2.37. The van der Waals surface area contributed by atoms with Gasteiger partial charge in [-0.2, -0.15) is 14.7 Å². The van der Waals surface area contributed by atoms with Crippen molar-refractivity contribution in [3.05, 3.63) is 14.7 Å². The Morgan fingerprint density at radius 1 is 1.00 bits per heavy atom. The lowest BCUT2D eigenvalue weighted by Gasteiger charge is -2.24. The van der Waals surface area contributed by atoms with Crippen LogP contribution in [0, 0.1) is 14.7 Å². The molecule has 9 heteroatoms. The highest BCUT2D eigenvalue weighted by atomic mass is 16.3. The smallest absolute Gasteiger partial charge is 0.148 e. The van der Waals surface area contributed by atoms with Crippen molar-refractivity contribution in [2.45, 2.75) is 37.3 Å². The fourth-order valence-electron chi connectivity index (χ4n) is 1.18. The second-order valence-corrected chi connectivity index (χ2v) is 3.30. The minimum absolute atomic E-state index is 0.654. The van der Waals surface area contributed by atoms with E-state index < -0.39 is 36.9 Å². The maximum Gasteiger partial charge on any atom is 0.148 e. The first-order valence-corrected chi connectivity index (χ1v) is 4.47. The highest BCUT2D eigenvalue weighted by molar-refractivity contribution is 4.93. The molecule has 0 saturated heterocycles. The zero-order valence-electron chi connectivity index (χ0n) is 8.50. The fraction of sp³-hybridized carbons (Fsp3) is 1.00. The molecular weight excluding hydrogens is 222 g/mol. The van der Waals surface area contributed by atoms with Gasteiger partial charge in [-0.15, -0.1) is 0 Å². The summed E-state index contributed by atoms with van der Waals surface area (Å²) < 4.78 is 0. The van der Waals surface area contributed by atoms with Crippen molar-refractivity contribution in [3.8, 4) is 0 Å². The van der Waals surface area contributed by atoms with Crippen molar-refractivity contribution in [3.63, 3.8) is 0 Å². The van der Waals surface area contributed by atoms with Gasteiger partial charge in [0.2, 0.25) is 0 Å². The molecule has 0 amide bonds. The molecule has 0 aliphatic rings. The van der Waals surface area contributed by atoms with E-state index in [2.05, 4.69) is 15.5 Å². The molecule has 0 aromatic carbocycles. The number of aliphatic hydroxyl groups is 3. The maximum atomic E-state index is 10.4. The van der Waals surface area contributed by atoms with Crippen molar-refractivity contribution in [1.29, 1.82) is 0 Å². The Morgan fingerprint density at radius 3 is 1.81 bits per heavy atom. The normalized spacial score (nSPS) is 20.2. The van der Waals surface area contributed by atoms with Crippen molar-refractivity contribution < 1.29 is 15.3 Å². The van der Waals surface area contributed by atoms with Crippen LogP contribution in [-0.4, -0.2) is 52.3 Å². The zero-order chi connectivity index (χ0) is 12.7. The van der Waals surface area contributed by atoms with Crippen molar-refractivity contribution in [1.82, 2.24) is 0 Å². The number of hydrogen-bond acceptors (Lipinski definition) is 9. The monoisotopic (exact) mass is 235 g/mol. The van der Waals surface area contributed by atoms with E-state index >= 15 is 0 Å². The first-order valence-electron chi connectivity index (χ1n) is 4.47. The summed E-state index contributed by atoms with van der Waals surface area (Å²) in [5, 5.41) is 35.0. The summed E-state index contributed by atoms with van der Waals surface area (Å²) in [5.74, 6) is 0. The number of hydrogen-bond donors (Lipinski definition) is 3. The molecule has 9 nitrogen and oxygen atoms in total. The van der Waals surface area contributed by atoms with Gasteiger partial charge >= 0.3 is 0 Å². The van der Waals surface area contributed by atoms with Crippen molar-refractivity contribution >= 4 is 0 Å². The van der Waals surface area contributed by atoms with Crippen LogP contribution in [0.4, 0.5) is 0 Å². The van der Waals surface area contributed by atoms with Gasteiger partial charge in [-0.1, -0.05) is 15.5 Å². The molecule has 0 heterocycles. The molecule has 3 N–H and O–H groups in total. The van der Waals surface area contributed by atoms with E-state index in [1.54, 1.807) is 0 Å². The highest BCUT2D eigenvalue weighted by Crippen LogP contribution is 2.14. The first kappa shape index (κ1) is 14.7. The molecular formula is C7H13N3O6. The number of nitroso groups, excluding NO2 is 3. The molecule has 5 atom stereocenters. The Labute approximate surface area is 90.4 Å². The average molecular weight is 235 g/mol.